The average Bonchev–Trinajstić information content (AvgIpc) is 3.47. The Labute approximate surface area is 178 Å². The molecular weight excluding hydrogens is 408 g/mol. The summed E-state index contributed by atoms with van der Waals surface area (Å²) in [6, 6.07) is 15.5. The van der Waals surface area contributed by atoms with Gasteiger partial charge in [-0.25, -0.2) is 0 Å². The number of rotatable bonds is 8. The van der Waals surface area contributed by atoms with Crippen LogP contribution in [0.5, 0.6) is 5.75 Å². The van der Waals surface area contributed by atoms with Gasteiger partial charge in [0, 0.05) is 11.7 Å². The summed E-state index contributed by atoms with van der Waals surface area (Å²) >= 11 is 7.54. The third-order valence-corrected chi connectivity index (χ3v) is 5.76. The number of aromatic nitrogens is 3. The number of halogens is 1. The molecule has 4 rings (SSSR count). The van der Waals surface area contributed by atoms with E-state index in [-0.39, 0.29) is 18.3 Å². The maximum atomic E-state index is 12.3. The summed E-state index contributed by atoms with van der Waals surface area (Å²) in [6.07, 6.45) is 2.17. The molecule has 8 heteroatoms. The smallest absolute Gasteiger partial charge is 0.234 e. The summed E-state index contributed by atoms with van der Waals surface area (Å²) in [5.74, 6) is 1.56. The topological polar surface area (TPSA) is 69.0 Å². The number of amides is 1. The Balaban J connectivity index is 1.38. The molecule has 1 aliphatic carbocycles. The molecule has 1 N–H and O–H groups in total. The molecule has 0 bridgehead atoms. The molecule has 3 aromatic rings. The number of thioether (sulfide) groups is 1. The molecule has 0 unspecified atom stereocenters. The molecule has 0 saturated heterocycles. The molecule has 2 aromatic carbocycles. The van der Waals surface area contributed by atoms with Crippen molar-refractivity contribution in [2.24, 2.45) is 0 Å². The highest BCUT2D eigenvalue weighted by Crippen LogP contribution is 2.39. The van der Waals surface area contributed by atoms with Crippen molar-refractivity contribution in [2.45, 2.75) is 37.6 Å². The second kappa shape index (κ2) is 8.88. The summed E-state index contributed by atoms with van der Waals surface area (Å²) in [5, 5.41) is 12.8. The lowest BCUT2D eigenvalue weighted by atomic mass is 10.2. The van der Waals surface area contributed by atoms with Crippen LogP contribution in [-0.2, 0) is 11.4 Å². The molecule has 1 heterocycles. The molecule has 0 radical (unpaired) electrons. The highest BCUT2D eigenvalue weighted by molar-refractivity contribution is 7.99. The predicted molar refractivity (Wildman–Crippen MR) is 115 cm³/mol. The second-order valence-corrected chi connectivity index (χ2v) is 8.27. The van der Waals surface area contributed by atoms with Gasteiger partial charge in [0.1, 0.15) is 12.4 Å². The quantitative estimate of drug-likeness (QED) is 0.517. The Hall–Kier alpha value is -2.51. The molecule has 150 valence electrons. The van der Waals surface area contributed by atoms with E-state index < -0.39 is 0 Å². The van der Waals surface area contributed by atoms with Crippen molar-refractivity contribution < 1.29 is 9.53 Å². The number of ether oxygens (including phenoxy) is 1. The van der Waals surface area contributed by atoms with Crippen molar-refractivity contribution in [1.82, 2.24) is 14.8 Å². The predicted octanol–water partition coefficient (Wildman–Crippen LogP) is 4.88. The molecule has 1 aromatic heterocycles. The van der Waals surface area contributed by atoms with Crippen molar-refractivity contribution in [3.05, 3.63) is 64.9 Å². The average molecular weight is 429 g/mol. The molecule has 1 aliphatic rings. The SMILES string of the molecule is Cc1ccc(NC(=O)CSc2nnc(COc3ccccc3Cl)n2C2CC2)cc1. The number of para-hydroxylation sites is 1. The molecule has 0 spiro atoms. The minimum absolute atomic E-state index is 0.0712. The van der Waals surface area contributed by atoms with E-state index in [1.54, 1.807) is 6.07 Å². The van der Waals surface area contributed by atoms with Crippen LogP contribution in [0.4, 0.5) is 5.69 Å². The Morgan fingerprint density at radius 3 is 2.69 bits per heavy atom. The monoisotopic (exact) mass is 428 g/mol. The van der Waals surface area contributed by atoms with E-state index in [4.69, 9.17) is 16.3 Å². The number of anilines is 1. The van der Waals surface area contributed by atoms with Gasteiger partial charge in [-0.1, -0.05) is 53.2 Å². The summed E-state index contributed by atoms with van der Waals surface area (Å²) in [5.41, 5.74) is 1.94. The fourth-order valence-electron chi connectivity index (χ4n) is 2.87. The van der Waals surface area contributed by atoms with E-state index in [1.165, 1.54) is 11.8 Å². The van der Waals surface area contributed by atoms with Crippen LogP contribution in [0.3, 0.4) is 0 Å². The van der Waals surface area contributed by atoms with Crippen LogP contribution in [0.2, 0.25) is 5.02 Å². The van der Waals surface area contributed by atoms with Gasteiger partial charge in [0.25, 0.3) is 0 Å². The van der Waals surface area contributed by atoms with E-state index in [1.807, 2.05) is 49.4 Å². The molecule has 0 atom stereocenters. The zero-order chi connectivity index (χ0) is 20.2. The minimum Gasteiger partial charge on any atom is -0.484 e. The summed E-state index contributed by atoms with van der Waals surface area (Å²) in [6.45, 7) is 2.29. The largest absolute Gasteiger partial charge is 0.484 e. The number of carbonyl (C=O) groups is 1. The van der Waals surface area contributed by atoms with Gasteiger partial charge >= 0.3 is 0 Å². The lowest BCUT2D eigenvalue weighted by Crippen LogP contribution is -2.15. The van der Waals surface area contributed by atoms with Gasteiger partial charge in [-0.05, 0) is 44.0 Å². The Morgan fingerprint density at radius 1 is 1.21 bits per heavy atom. The van der Waals surface area contributed by atoms with Gasteiger partial charge in [0.15, 0.2) is 11.0 Å². The van der Waals surface area contributed by atoms with Gasteiger partial charge in [-0.15, -0.1) is 10.2 Å². The first-order valence-corrected chi connectivity index (χ1v) is 10.8. The van der Waals surface area contributed by atoms with Gasteiger partial charge in [0.2, 0.25) is 5.91 Å². The highest BCUT2D eigenvalue weighted by Gasteiger charge is 2.30. The molecule has 29 heavy (non-hydrogen) atoms. The van der Waals surface area contributed by atoms with Crippen LogP contribution >= 0.6 is 23.4 Å². The molecule has 0 aliphatic heterocycles. The van der Waals surface area contributed by atoms with E-state index in [0.717, 1.165) is 35.1 Å². The molecule has 6 nitrogen and oxygen atoms in total. The first kappa shape index (κ1) is 19.8. The lowest BCUT2D eigenvalue weighted by Gasteiger charge is -2.11. The van der Waals surface area contributed by atoms with Crippen molar-refractivity contribution in [1.29, 1.82) is 0 Å². The lowest BCUT2D eigenvalue weighted by molar-refractivity contribution is -0.113. The first-order chi connectivity index (χ1) is 14.1. The van der Waals surface area contributed by atoms with Gasteiger partial charge < -0.3 is 10.1 Å². The second-order valence-electron chi connectivity index (χ2n) is 6.92. The molecular formula is C21H21ClN4O2S. The first-order valence-electron chi connectivity index (χ1n) is 9.40. The fraction of sp³-hybridized carbons (Fsp3) is 0.286. The van der Waals surface area contributed by atoms with Crippen molar-refractivity contribution in [2.75, 3.05) is 11.1 Å². The number of aryl methyl sites for hydroxylation is 1. The van der Waals surface area contributed by atoms with Gasteiger partial charge in [-0.3, -0.25) is 9.36 Å². The number of hydrogen-bond acceptors (Lipinski definition) is 5. The van der Waals surface area contributed by atoms with E-state index in [9.17, 15) is 4.79 Å². The van der Waals surface area contributed by atoms with Crippen LogP contribution < -0.4 is 10.1 Å². The Bertz CT molecular complexity index is 1000. The van der Waals surface area contributed by atoms with Gasteiger partial charge in [-0.2, -0.15) is 0 Å². The minimum atomic E-state index is -0.0712. The zero-order valence-electron chi connectivity index (χ0n) is 16.0. The van der Waals surface area contributed by atoms with E-state index >= 15 is 0 Å². The number of carbonyl (C=O) groups excluding carboxylic acids is 1. The number of nitrogens with one attached hydrogen (secondary N) is 1. The highest BCUT2D eigenvalue weighted by atomic mass is 35.5. The van der Waals surface area contributed by atoms with Crippen molar-refractivity contribution >= 4 is 35.0 Å². The maximum Gasteiger partial charge on any atom is 0.234 e. The van der Waals surface area contributed by atoms with Crippen LogP contribution in [-0.4, -0.2) is 26.4 Å². The van der Waals surface area contributed by atoms with Crippen LogP contribution in [0.1, 0.15) is 30.3 Å². The standard InChI is InChI=1S/C21H21ClN4O2S/c1-14-6-8-15(9-7-14)23-20(27)13-29-21-25-24-19(26(21)16-10-11-16)12-28-18-5-3-2-4-17(18)22/h2-9,16H,10-13H2,1H3,(H,23,27). The Kier molecular flexibility index (Phi) is 6.06. The maximum absolute atomic E-state index is 12.3. The number of hydrogen-bond donors (Lipinski definition) is 1. The normalized spacial score (nSPS) is 13.3. The molecule has 1 fully saturated rings. The van der Waals surface area contributed by atoms with Crippen LogP contribution in [0.15, 0.2) is 53.7 Å². The van der Waals surface area contributed by atoms with Crippen LogP contribution in [0, 0.1) is 6.92 Å². The van der Waals surface area contributed by atoms with E-state index in [0.29, 0.717) is 16.8 Å². The number of nitrogens with zero attached hydrogens (tertiary/aromatic N) is 3. The Morgan fingerprint density at radius 2 is 1.97 bits per heavy atom. The molecule has 1 saturated carbocycles. The third-order valence-electron chi connectivity index (χ3n) is 4.51. The van der Waals surface area contributed by atoms with Crippen molar-refractivity contribution in [3.8, 4) is 5.75 Å². The summed E-state index contributed by atoms with van der Waals surface area (Å²) in [7, 11) is 0. The van der Waals surface area contributed by atoms with Crippen molar-refractivity contribution in [3.63, 3.8) is 0 Å². The third kappa shape index (κ3) is 5.10. The number of benzene rings is 2. The summed E-state index contributed by atoms with van der Waals surface area (Å²) < 4.78 is 7.91. The molecule has 1 amide bonds. The summed E-state index contributed by atoms with van der Waals surface area (Å²) in [4.78, 5) is 12.3. The zero-order valence-corrected chi connectivity index (χ0v) is 17.5. The fourth-order valence-corrected chi connectivity index (χ4v) is 3.89. The van der Waals surface area contributed by atoms with Gasteiger partial charge in [0.05, 0.1) is 10.8 Å². The van der Waals surface area contributed by atoms with E-state index in [2.05, 4.69) is 20.1 Å². The van der Waals surface area contributed by atoms with Crippen LogP contribution in [0.25, 0.3) is 0 Å².